The summed E-state index contributed by atoms with van der Waals surface area (Å²) in [4.78, 5) is 11.7. The standard InChI is InChI=1S/C13H24O6/c1-2-3-4-5-8(15)6-10-11(17)12(18)13(19-10)9(16)7-14/h9-14,16-18H,2-7H2,1H3/t9-,10-,11+,12-,13-/m1/s1. The summed E-state index contributed by atoms with van der Waals surface area (Å²) in [6.45, 7) is 1.48. The fourth-order valence-electron chi connectivity index (χ4n) is 2.27. The highest BCUT2D eigenvalue weighted by atomic mass is 16.6. The monoisotopic (exact) mass is 276 g/mol. The van der Waals surface area contributed by atoms with Crippen molar-refractivity contribution in [2.45, 2.75) is 69.5 Å². The molecular weight excluding hydrogens is 252 g/mol. The smallest absolute Gasteiger partial charge is 0.135 e. The molecule has 0 spiro atoms. The minimum atomic E-state index is -1.28. The molecule has 1 saturated heterocycles. The van der Waals surface area contributed by atoms with E-state index in [0.29, 0.717) is 6.42 Å². The lowest BCUT2D eigenvalue weighted by molar-refractivity contribution is -0.125. The molecular formula is C13H24O6. The van der Waals surface area contributed by atoms with Crippen molar-refractivity contribution in [3.05, 3.63) is 0 Å². The summed E-state index contributed by atoms with van der Waals surface area (Å²) in [5, 5.41) is 37.7. The quantitative estimate of drug-likeness (QED) is 0.440. The van der Waals surface area contributed by atoms with E-state index in [1.807, 2.05) is 6.92 Å². The molecule has 0 aromatic rings. The van der Waals surface area contributed by atoms with Crippen LogP contribution in [0, 0.1) is 0 Å². The van der Waals surface area contributed by atoms with Crippen LogP contribution in [0.2, 0.25) is 0 Å². The van der Waals surface area contributed by atoms with Gasteiger partial charge in [-0.05, 0) is 6.42 Å². The number of carbonyl (C=O) groups excluding carboxylic acids is 1. The number of hydrogen-bond acceptors (Lipinski definition) is 6. The Morgan fingerprint density at radius 1 is 1.26 bits per heavy atom. The second-order valence-electron chi connectivity index (χ2n) is 5.07. The molecule has 1 aliphatic heterocycles. The van der Waals surface area contributed by atoms with E-state index in [1.54, 1.807) is 0 Å². The van der Waals surface area contributed by atoms with Gasteiger partial charge in [-0.3, -0.25) is 4.79 Å². The van der Waals surface area contributed by atoms with Crippen LogP contribution in [0.25, 0.3) is 0 Å². The summed E-state index contributed by atoms with van der Waals surface area (Å²) < 4.78 is 5.28. The predicted octanol–water partition coefficient (Wildman–Crippen LogP) is -0.632. The number of hydrogen-bond donors (Lipinski definition) is 4. The van der Waals surface area contributed by atoms with Crippen molar-refractivity contribution in [2.24, 2.45) is 0 Å². The van der Waals surface area contributed by atoms with Gasteiger partial charge in [-0.1, -0.05) is 19.8 Å². The number of ketones is 1. The fraction of sp³-hybridized carbons (Fsp3) is 0.923. The molecule has 0 unspecified atom stereocenters. The maximum absolute atomic E-state index is 11.7. The summed E-state index contributed by atoms with van der Waals surface area (Å²) in [6, 6.07) is 0. The predicted molar refractivity (Wildman–Crippen MR) is 67.5 cm³/mol. The molecule has 19 heavy (non-hydrogen) atoms. The van der Waals surface area contributed by atoms with Crippen molar-refractivity contribution >= 4 is 5.78 Å². The number of ether oxygens (including phenoxy) is 1. The SMILES string of the molecule is CCCCCC(=O)C[C@H]1O[C@H]([C@H](O)CO)[C@H](O)[C@H]1O. The van der Waals surface area contributed by atoms with Crippen LogP contribution in [0.1, 0.15) is 39.0 Å². The third-order valence-electron chi connectivity index (χ3n) is 3.45. The van der Waals surface area contributed by atoms with E-state index in [4.69, 9.17) is 9.84 Å². The lowest BCUT2D eigenvalue weighted by Gasteiger charge is -2.18. The van der Waals surface area contributed by atoms with Crippen LogP contribution < -0.4 is 0 Å². The third kappa shape index (κ3) is 4.50. The van der Waals surface area contributed by atoms with Crippen LogP contribution in [-0.2, 0) is 9.53 Å². The average Bonchev–Trinajstić information content (AvgIpc) is 2.66. The molecule has 1 heterocycles. The molecule has 0 amide bonds. The van der Waals surface area contributed by atoms with Gasteiger partial charge in [-0.15, -0.1) is 0 Å². The fourth-order valence-corrected chi connectivity index (χ4v) is 2.27. The van der Waals surface area contributed by atoms with Crippen molar-refractivity contribution in [1.29, 1.82) is 0 Å². The van der Waals surface area contributed by atoms with Crippen LogP contribution in [0.15, 0.2) is 0 Å². The molecule has 1 rings (SSSR count). The topological polar surface area (TPSA) is 107 Å². The van der Waals surface area contributed by atoms with Crippen LogP contribution in [0.3, 0.4) is 0 Å². The first-order chi connectivity index (χ1) is 9.01. The Morgan fingerprint density at radius 3 is 2.53 bits per heavy atom. The van der Waals surface area contributed by atoms with Crippen LogP contribution in [-0.4, -0.2) is 63.3 Å². The van der Waals surface area contributed by atoms with Gasteiger partial charge in [0.15, 0.2) is 0 Å². The van der Waals surface area contributed by atoms with Crippen molar-refractivity contribution in [1.82, 2.24) is 0 Å². The zero-order valence-corrected chi connectivity index (χ0v) is 11.2. The van der Waals surface area contributed by atoms with E-state index in [9.17, 15) is 20.1 Å². The van der Waals surface area contributed by atoms with Gasteiger partial charge in [0.05, 0.1) is 12.7 Å². The highest BCUT2D eigenvalue weighted by Crippen LogP contribution is 2.26. The van der Waals surface area contributed by atoms with E-state index in [-0.39, 0.29) is 12.2 Å². The van der Waals surface area contributed by atoms with Gasteiger partial charge >= 0.3 is 0 Å². The maximum Gasteiger partial charge on any atom is 0.135 e. The maximum atomic E-state index is 11.7. The minimum absolute atomic E-state index is 0.0242. The summed E-state index contributed by atoms with van der Waals surface area (Å²) in [6.07, 6.45) is -2.33. The normalized spacial score (nSPS) is 32.5. The van der Waals surface area contributed by atoms with Crippen LogP contribution >= 0.6 is 0 Å². The molecule has 0 radical (unpaired) electrons. The molecule has 0 saturated carbocycles. The van der Waals surface area contributed by atoms with E-state index in [2.05, 4.69) is 0 Å². The Hall–Kier alpha value is -0.530. The highest BCUT2D eigenvalue weighted by molar-refractivity contribution is 5.79. The summed E-state index contributed by atoms with van der Waals surface area (Å²) in [5.74, 6) is -0.0242. The number of aliphatic hydroxyl groups excluding tert-OH is 4. The van der Waals surface area contributed by atoms with Gasteiger partial charge in [0, 0.05) is 12.8 Å². The van der Waals surface area contributed by atoms with E-state index in [0.717, 1.165) is 19.3 Å². The summed E-state index contributed by atoms with van der Waals surface area (Å²) in [5.41, 5.74) is 0. The zero-order valence-electron chi connectivity index (χ0n) is 11.2. The van der Waals surface area contributed by atoms with Crippen molar-refractivity contribution < 1.29 is 30.0 Å². The Kier molecular flexibility index (Phi) is 6.88. The van der Waals surface area contributed by atoms with Gasteiger partial charge < -0.3 is 25.2 Å². The zero-order chi connectivity index (χ0) is 14.4. The van der Waals surface area contributed by atoms with E-state index >= 15 is 0 Å². The van der Waals surface area contributed by atoms with Crippen LogP contribution in [0.5, 0.6) is 0 Å². The number of unbranched alkanes of at least 4 members (excludes halogenated alkanes) is 2. The Labute approximate surface area is 113 Å². The lowest BCUT2D eigenvalue weighted by Crippen LogP contribution is -2.40. The molecule has 6 nitrogen and oxygen atoms in total. The number of Topliss-reactive ketones (excluding diaryl/α,β-unsaturated/α-hetero) is 1. The second-order valence-corrected chi connectivity index (χ2v) is 5.07. The minimum Gasteiger partial charge on any atom is -0.394 e. The molecule has 4 N–H and O–H groups in total. The average molecular weight is 276 g/mol. The first-order valence-electron chi connectivity index (χ1n) is 6.83. The number of rotatable bonds is 8. The molecule has 1 aliphatic rings. The molecule has 112 valence electrons. The van der Waals surface area contributed by atoms with E-state index < -0.39 is 37.1 Å². The summed E-state index contributed by atoms with van der Waals surface area (Å²) in [7, 11) is 0. The lowest BCUT2D eigenvalue weighted by atomic mass is 10.00. The molecule has 0 aromatic heterocycles. The van der Waals surface area contributed by atoms with E-state index in [1.165, 1.54) is 0 Å². The van der Waals surface area contributed by atoms with Gasteiger partial charge in [-0.25, -0.2) is 0 Å². The largest absolute Gasteiger partial charge is 0.394 e. The Bertz CT molecular complexity index is 282. The Morgan fingerprint density at radius 2 is 1.95 bits per heavy atom. The van der Waals surface area contributed by atoms with Crippen molar-refractivity contribution in [2.75, 3.05) is 6.61 Å². The third-order valence-corrected chi connectivity index (χ3v) is 3.45. The van der Waals surface area contributed by atoms with Gasteiger partial charge in [-0.2, -0.15) is 0 Å². The first-order valence-corrected chi connectivity index (χ1v) is 6.83. The molecule has 0 aliphatic carbocycles. The molecule has 1 fully saturated rings. The highest BCUT2D eigenvalue weighted by Gasteiger charge is 2.46. The van der Waals surface area contributed by atoms with Crippen LogP contribution in [0.4, 0.5) is 0 Å². The first kappa shape index (κ1) is 16.5. The Balaban J connectivity index is 2.44. The summed E-state index contributed by atoms with van der Waals surface area (Å²) >= 11 is 0. The van der Waals surface area contributed by atoms with Crippen molar-refractivity contribution in [3.63, 3.8) is 0 Å². The molecule has 5 atom stereocenters. The molecule has 0 aromatic carbocycles. The number of carbonyl (C=O) groups is 1. The van der Waals surface area contributed by atoms with Gasteiger partial charge in [0.1, 0.15) is 30.2 Å². The molecule has 6 heteroatoms. The molecule has 0 bridgehead atoms. The second kappa shape index (κ2) is 7.91. The van der Waals surface area contributed by atoms with Gasteiger partial charge in [0.2, 0.25) is 0 Å². The van der Waals surface area contributed by atoms with Gasteiger partial charge in [0.25, 0.3) is 0 Å². The number of aliphatic hydroxyl groups is 4. The van der Waals surface area contributed by atoms with Crippen molar-refractivity contribution in [3.8, 4) is 0 Å².